The SMILES string of the molecule is COc1cc2nn(C3CCC(CO)CC3)cc2cc1N1C=CC=NC1C(F)(F)F. The number of hydrogen-bond acceptors (Lipinski definition) is 5. The highest BCUT2D eigenvalue weighted by molar-refractivity contribution is 5.87. The van der Waals surface area contributed by atoms with Crippen molar-refractivity contribution < 1.29 is 23.0 Å². The van der Waals surface area contributed by atoms with Gasteiger partial charge in [0.15, 0.2) is 0 Å². The van der Waals surface area contributed by atoms with Crippen LogP contribution in [0, 0.1) is 5.92 Å². The summed E-state index contributed by atoms with van der Waals surface area (Å²) in [5.41, 5.74) is 0.960. The number of methoxy groups -OCH3 is 1. The number of aromatic nitrogens is 2. The molecule has 0 radical (unpaired) electrons. The number of aliphatic hydroxyl groups excluding tert-OH is 1. The smallest absolute Gasteiger partial charge is 0.429 e. The van der Waals surface area contributed by atoms with Crippen LogP contribution in [0.15, 0.2) is 35.6 Å². The minimum Gasteiger partial charge on any atom is -0.494 e. The Balaban J connectivity index is 1.69. The number of halogens is 3. The highest BCUT2D eigenvalue weighted by Crippen LogP contribution is 2.39. The predicted octanol–water partition coefficient (Wildman–Crippen LogP) is 4.06. The minimum absolute atomic E-state index is 0.209. The topological polar surface area (TPSA) is 62.9 Å². The molecule has 9 heteroatoms. The van der Waals surface area contributed by atoms with Crippen LogP contribution in [0.5, 0.6) is 5.75 Å². The van der Waals surface area contributed by atoms with Gasteiger partial charge in [-0.25, -0.2) is 0 Å². The summed E-state index contributed by atoms with van der Waals surface area (Å²) in [6.45, 7) is 0.209. The summed E-state index contributed by atoms with van der Waals surface area (Å²) in [4.78, 5) is 4.67. The number of benzene rings is 1. The van der Waals surface area contributed by atoms with Gasteiger partial charge in [0.2, 0.25) is 6.17 Å². The number of anilines is 1. The lowest BCUT2D eigenvalue weighted by molar-refractivity contribution is -0.145. The van der Waals surface area contributed by atoms with Gasteiger partial charge < -0.3 is 14.7 Å². The molecule has 0 saturated heterocycles. The zero-order valence-electron chi connectivity index (χ0n) is 16.0. The van der Waals surface area contributed by atoms with E-state index >= 15 is 0 Å². The molecule has 1 N–H and O–H groups in total. The van der Waals surface area contributed by atoms with E-state index in [1.807, 2.05) is 10.9 Å². The third-order valence-corrected chi connectivity index (χ3v) is 5.67. The highest BCUT2D eigenvalue weighted by atomic mass is 19.4. The standard InChI is InChI=1S/C20H23F3N4O2/c1-29-18-10-16-14(11-27(25-16)15-5-3-13(12-28)4-6-15)9-17(18)26-8-2-7-24-19(26)20(21,22)23/h2,7-11,13,15,19,28H,3-6,12H2,1H3. The Labute approximate surface area is 166 Å². The van der Waals surface area contributed by atoms with Crippen molar-refractivity contribution >= 4 is 22.8 Å². The molecule has 1 aromatic heterocycles. The zero-order valence-corrected chi connectivity index (χ0v) is 16.0. The molecule has 2 aliphatic rings. The molecule has 1 aliphatic carbocycles. The van der Waals surface area contributed by atoms with Gasteiger partial charge in [0, 0.05) is 36.7 Å². The monoisotopic (exact) mass is 408 g/mol. The average molecular weight is 408 g/mol. The molecule has 29 heavy (non-hydrogen) atoms. The van der Waals surface area contributed by atoms with Crippen molar-refractivity contribution in [1.82, 2.24) is 9.78 Å². The number of aliphatic hydroxyl groups is 1. The fourth-order valence-electron chi connectivity index (χ4n) is 4.07. The molecule has 0 spiro atoms. The summed E-state index contributed by atoms with van der Waals surface area (Å²) in [6.07, 6.45) is 3.06. The van der Waals surface area contributed by atoms with Crippen molar-refractivity contribution in [2.45, 2.75) is 44.1 Å². The first-order valence-electron chi connectivity index (χ1n) is 9.63. The van der Waals surface area contributed by atoms with Gasteiger partial charge in [0.1, 0.15) is 5.75 Å². The molecule has 1 saturated carbocycles. The second-order valence-corrected chi connectivity index (χ2v) is 7.51. The van der Waals surface area contributed by atoms with Crippen LogP contribution >= 0.6 is 0 Å². The van der Waals surface area contributed by atoms with Crippen LogP contribution in [-0.2, 0) is 0 Å². The number of aliphatic imine (C=N–C) groups is 1. The van der Waals surface area contributed by atoms with Gasteiger partial charge in [-0.3, -0.25) is 9.67 Å². The third kappa shape index (κ3) is 3.83. The number of rotatable bonds is 4. The minimum atomic E-state index is -4.52. The maximum absolute atomic E-state index is 13.5. The predicted molar refractivity (Wildman–Crippen MR) is 104 cm³/mol. The van der Waals surface area contributed by atoms with E-state index in [2.05, 4.69) is 10.1 Å². The summed E-state index contributed by atoms with van der Waals surface area (Å²) in [6, 6.07) is 3.56. The quantitative estimate of drug-likeness (QED) is 0.829. The second-order valence-electron chi connectivity index (χ2n) is 7.51. The van der Waals surface area contributed by atoms with Crippen molar-refractivity contribution in [3.8, 4) is 5.75 Å². The number of allylic oxidation sites excluding steroid dienone is 1. The molecule has 1 aliphatic heterocycles. The summed E-state index contributed by atoms with van der Waals surface area (Å²) < 4.78 is 47.7. The molecular formula is C20H23F3N4O2. The van der Waals surface area contributed by atoms with Gasteiger partial charge >= 0.3 is 6.18 Å². The first-order chi connectivity index (χ1) is 13.9. The highest BCUT2D eigenvalue weighted by Gasteiger charge is 2.44. The van der Waals surface area contributed by atoms with Crippen molar-refractivity contribution in [3.63, 3.8) is 0 Å². The lowest BCUT2D eigenvalue weighted by Crippen LogP contribution is -2.43. The molecule has 1 aromatic carbocycles. The molecule has 1 fully saturated rings. The summed E-state index contributed by atoms with van der Waals surface area (Å²) in [5, 5.41) is 14.7. The first-order valence-corrected chi connectivity index (χ1v) is 9.63. The van der Waals surface area contributed by atoms with Crippen LogP contribution in [0.3, 0.4) is 0 Å². The van der Waals surface area contributed by atoms with Crippen LogP contribution < -0.4 is 9.64 Å². The number of nitrogens with zero attached hydrogens (tertiary/aromatic N) is 4. The van der Waals surface area contributed by atoms with Gasteiger partial charge in [0.05, 0.1) is 24.4 Å². The van der Waals surface area contributed by atoms with Crippen molar-refractivity contribution in [2.75, 3.05) is 18.6 Å². The second kappa shape index (κ2) is 7.70. The largest absolute Gasteiger partial charge is 0.494 e. The molecule has 1 atom stereocenters. The van der Waals surface area contributed by atoms with Crippen LogP contribution in [0.25, 0.3) is 10.9 Å². The Bertz CT molecular complexity index is 930. The number of alkyl halides is 3. The fourth-order valence-corrected chi connectivity index (χ4v) is 4.07. The van der Waals surface area contributed by atoms with Gasteiger partial charge in [0.25, 0.3) is 0 Å². The average Bonchev–Trinajstić information content (AvgIpc) is 3.15. The summed E-state index contributed by atoms with van der Waals surface area (Å²) in [7, 11) is 1.43. The first kappa shape index (κ1) is 19.8. The zero-order chi connectivity index (χ0) is 20.6. The molecule has 0 bridgehead atoms. The Hall–Kier alpha value is -2.55. The fraction of sp³-hybridized carbons (Fsp3) is 0.500. The molecule has 2 heterocycles. The Kier molecular flexibility index (Phi) is 5.24. The van der Waals surface area contributed by atoms with E-state index in [9.17, 15) is 18.3 Å². The lowest BCUT2D eigenvalue weighted by atomic mass is 9.87. The van der Waals surface area contributed by atoms with Crippen LogP contribution in [0.2, 0.25) is 0 Å². The third-order valence-electron chi connectivity index (χ3n) is 5.67. The van der Waals surface area contributed by atoms with E-state index in [4.69, 9.17) is 4.74 Å². The molecule has 1 unspecified atom stereocenters. The maximum Gasteiger partial charge on any atom is 0.429 e. The van der Waals surface area contributed by atoms with Crippen LogP contribution in [-0.4, -0.2) is 47.2 Å². The van der Waals surface area contributed by atoms with E-state index < -0.39 is 12.3 Å². The van der Waals surface area contributed by atoms with E-state index in [-0.39, 0.29) is 12.6 Å². The van der Waals surface area contributed by atoms with E-state index in [1.165, 1.54) is 19.4 Å². The van der Waals surface area contributed by atoms with Crippen LogP contribution in [0.4, 0.5) is 18.9 Å². The lowest BCUT2D eigenvalue weighted by Gasteiger charge is -2.31. The summed E-state index contributed by atoms with van der Waals surface area (Å²) >= 11 is 0. The number of ether oxygens (including phenoxy) is 1. The maximum atomic E-state index is 13.5. The number of hydrogen-bond donors (Lipinski definition) is 1. The summed E-state index contributed by atoms with van der Waals surface area (Å²) in [5.74, 6) is 0.649. The van der Waals surface area contributed by atoms with E-state index in [0.717, 1.165) is 42.2 Å². The van der Waals surface area contributed by atoms with Crippen molar-refractivity contribution in [3.05, 3.63) is 30.6 Å². The molecular weight excluding hydrogens is 385 g/mol. The van der Waals surface area contributed by atoms with Gasteiger partial charge in [-0.1, -0.05) is 0 Å². The molecule has 156 valence electrons. The van der Waals surface area contributed by atoms with E-state index in [1.54, 1.807) is 12.1 Å². The Morgan fingerprint density at radius 2 is 1.97 bits per heavy atom. The number of fused-ring (bicyclic) bond motifs is 1. The Morgan fingerprint density at radius 1 is 1.21 bits per heavy atom. The van der Waals surface area contributed by atoms with Gasteiger partial charge in [-0.2, -0.15) is 18.3 Å². The molecule has 6 nitrogen and oxygen atoms in total. The van der Waals surface area contributed by atoms with Crippen molar-refractivity contribution in [1.29, 1.82) is 0 Å². The normalized spacial score (nSPS) is 25.0. The Morgan fingerprint density at radius 3 is 2.62 bits per heavy atom. The molecule has 4 rings (SSSR count). The van der Waals surface area contributed by atoms with E-state index in [0.29, 0.717) is 22.9 Å². The van der Waals surface area contributed by atoms with Gasteiger partial charge in [-0.05, 0) is 43.7 Å². The molecule has 0 amide bonds. The molecule has 2 aromatic rings. The van der Waals surface area contributed by atoms with Gasteiger partial charge in [-0.15, -0.1) is 0 Å². The van der Waals surface area contributed by atoms with Crippen molar-refractivity contribution in [2.24, 2.45) is 10.9 Å². The van der Waals surface area contributed by atoms with Crippen LogP contribution in [0.1, 0.15) is 31.7 Å².